The van der Waals surface area contributed by atoms with E-state index >= 15 is 0 Å². The Morgan fingerprint density at radius 1 is 1.24 bits per heavy atom. The van der Waals surface area contributed by atoms with Crippen LogP contribution >= 0.6 is 0 Å². The lowest BCUT2D eigenvalue weighted by Gasteiger charge is -2.40. The van der Waals surface area contributed by atoms with E-state index in [0.717, 1.165) is 12.6 Å². The Morgan fingerprint density at radius 2 is 1.94 bits per heavy atom. The Balaban J connectivity index is 1.77. The molecule has 0 aliphatic carbocycles. The second kappa shape index (κ2) is 5.68. The van der Waals surface area contributed by atoms with Crippen LogP contribution in [0.5, 0.6) is 0 Å². The monoisotopic (exact) mass is 239 g/mol. The summed E-state index contributed by atoms with van der Waals surface area (Å²) in [7, 11) is 2.25. The van der Waals surface area contributed by atoms with Crippen molar-refractivity contribution in [3.63, 3.8) is 0 Å². The minimum absolute atomic E-state index is 0.563. The largest absolute Gasteiger partial charge is 0.313 e. The molecule has 0 aromatic heterocycles. The molecule has 3 nitrogen and oxygen atoms in total. The van der Waals surface area contributed by atoms with E-state index < -0.39 is 0 Å². The number of hydrogen-bond acceptors (Lipinski definition) is 3. The zero-order chi connectivity index (χ0) is 12.3. The summed E-state index contributed by atoms with van der Waals surface area (Å²) in [4.78, 5) is 5.14. The van der Waals surface area contributed by atoms with Crippen LogP contribution in [0.2, 0.25) is 0 Å². The summed E-state index contributed by atoms with van der Waals surface area (Å²) in [6.07, 6.45) is 4.07. The number of nitrogens with zero attached hydrogens (tertiary/aromatic N) is 2. The van der Waals surface area contributed by atoms with Gasteiger partial charge in [0.2, 0.25) is 0 Å². The van der Waals surface area contributed by atoms with Crippen molar-refractivity contribution in [2.24, 2.45) is 5.41 Å². The fourth-order valence-electron chi connectivity index (χ4n) is 3.29. The van der Waals surface area contributed by atoms with E-state index in [-0.39, 0.29) is 0 Å². The average Bonchev–Trinajstić information content (AvgIpc) is 2.71. The highest BCUT2D eigenvalue weighted by Crippen LogP contribution is 2.32. The quantitative estimate of drug-likeness (QED) is 0.800. The second-order valence-electron chi connectivity index (χ2n) is 6.39. The maximum atomic E-state index is 3.58. The van der Waals surface area contributed by atoms with Crippen LogP contribution < -0.4 is 5.32 Å². The number of nitrogens with one attached hydrogen (secondary N) is 1. The van der Waals surface area contributed by atoms with Crippen molar-refractivity contribution in [3.8, 4) is 0 Å². The Bertz CT molecular complexity index is 234. The molecule has 2 fully saturated rings. The summed E-state index contributed by atoms with van der Waals surface area (Å²) in [6, 6.07) is 0.745. The molecular weight excluding hydrogens is 210 g/mol. The second-order valence-corrected chi connectivity index (χ2v) is 6.39. The number of hydrogen-bond donors (Lipinski definition) is 1. The van der Waals surface area contributed by atoms with Gasteiger partial charge in [-0.1, -0.05) is 13.8 Å². The van der Waals surface area contributed by atoms with Gasteiger partial charge in [0, 0.05) is 19.1 Å². The van der Waals surface area contributed by atoms with Gasteiger partial charge in [0.05, 0.1) is 0 Å². The van der Waals surface area contributed by atoms with E-state index in [0.29, 0.717) is 5.41 Å². The fourth-order valence-corrected chi connectivity index (χ4v) is 3.29. The standard InChI is InChI=1S/C14H29N3/c1-4-15-13-5-8-17(11-13)12-14(2)6-9-16(3)10-7-14/h13,15H,4-12H2,1-3H3. The molecule has 2 aliphatic heterocycles. The van der Waals surface area contributed by atoms with Crippen molar-refractivity contribution in [2.45, 2.75) is 39.2 Å². The molecule has 100 valence electrons. The Morgan fingerprint density at radius 3 is 2.59 bits per heavy atom. The molecule has 2 rings (SSSR count). The number of likely N-dealkylation sites (tertiary alicyclic amines) is 2. The topological polar surface area (TPSA) is 18.5 Å². The molecule has 0 amide bonds. The van der Waals surface area contributed by atoms with Crippen LogP contribution in [0.4, 0.5) is 0 Å². The van der Waals surface area contributed by atoms with Crippen molar-refractivity contribution in [2.75, 3.05) is 46.3 Å². The molecule has 0 spiro atoms. The molecule has 0 saturated carbocycles. The third kappa shape index (κ3) is 3.67. The number of likely N-dealkylation sites (N-methyl/N-ethyl adjacent to an activating group) is 1. The minimum Gasteiger partial charge on any atom is -0.313 e. The molecule has 2 heterocycles. The van der Waals surface area contributed by atoms with Gasteiger partial charge in [0.15, 0.2) is 0 Å². The van der Waals surface area contributed by atoms with E-state index in [1.165, 1.54) is 52.0 Å². The Hall–Kier alpha value is -0.120. The van der Waals surface area contributed by atoms with E-state index in [2.05, 4.69) is 36.0 Å². The van der Waals surface area contributed by atoms with Crippen molar-refractivity contribution >= 4 is 0 Å². The summed E-state index contributed by atoms with van der Waals surface area (Å²) < 4.78 is 0. The molecule has 0 aromatic carbocycles. The smallest absolute Gasteiger partial charge is 0.0207 e. The summed E-state index contributed by atoms with van der Waals surface area (Å²) in [6.45, 7) is 12.2. The molecule has 2 saturated heterocycles. The van der Waals surface area contributed by atoms with Crippen LogP contribution in [0.15, 0.2) is 0 Å². The van der Waals surface area contributed by atoms with Gasteiger partial charge in [-0.2, -0.15) is 0 Å². The molecule has 0 radical (unpaired) electrons. The van der Waals surface area contributed by atoms with Crippen molar-refractivity contribution < 1.29 is 0 Å². The summed E-state index contributed by atoms with van der Waals surface area (Å²) in [5, 5.41) is 3.58. The molecule has 3 heteroatoms. The maximum absolute atomic E-state index is 3.58. The van der Waals surface area contributed by atoms with Crippen LogP contribution in [-0.4, -0.2) is 62.2 Å². The predicted molar refractivity (Wildman–Crippen MR) is 73.4 cm³/mol. The zero-order valence-corrected chi connectivity index (χ0v) is 11.8. The molecule has 0 aromatic rings. The average molecular weight is 239 g/mol. The highest BCUT2D eigenvalue weighted by atomic mass is 15.2. The van der Waals surface area contributed by atoms with Gasteiger partial charge in [-0.15, -0.1) is 0 Å². The van der Waals surface area contributed by atoms with Gasteiger partial charge >= 0.3 is 0 Å². The lowest BCUT2D eigenvalue weighted by molar-refractivity contribution is 0.0960. The van der Waals surface area contributed by atoms with E-state index in [1.54, 1.807) is 0 Å². The van der Waals surface area contributed by atoms with Crippen molar-refractivity contribution in [1.29, 1.82) is 0 Å². The summed E-state index contributed by atoms with van der Waals surface area (Å²) >= 11 is 0. The van der Waals surface area contributed by atoms with Gasteiger partial charge in [0.1, 0.15) is 0 Å². The van der Waals surface area contributed by atoms with Crippen LogP contribution in [0.3, 0.4) is 0 Å². The summed E-state index contributed by atoms with van der Waals surface area (Å²) in [5.41, 5.74) is 0.563. The van der Waals surface area contributed by atoms with Crippen molar-refractivity contribution in [3.05, 3.63) is 0 Å². The number of rotatable bonds is 4. The normalized spacial score (nSPS) is 30.9. The van der Waals surface area contributed by atoms with E-state index in [1.807, 2.05) is 0 Å². The van der Waals surface area contributed by atoms with E-state index in [4.69, 9.17) is 0 Å². The van der Waals surface area contributed by atoms with Gasteiger partial charge in [-0.25, -0.2) is 0 Å². The lowest BCUT2D eigenvalue weighted by Crippen LogP contribution is -2.43. The SMILES string of the molecule is CCNC1CCN(CC2(C)CCN(C)CC2)C1. The van der Waals surface area contributed by atoms with Crippen LogP contribution in [0.1, 0.15) is 33.1 Å². The first kappa shape index (κ1) is 13.3. The fraction of sp³-hybridized carbons (Fsp3) is 1.00. The molecule has 1 N–H and O–H groups in total. The molecular formula is C14H29N3. The molecule has 1 atom stereocenters. The van der Waals surface area contributed by atoms with Crippen molar-refractivity contribution in [1.82, 2.24) is 15.1 Å². The highest BCUT2D eigenvalue weighted by molar-refractivity contribution is 4.88. The molecule has 2 aliphatic rings. The van der Waals surface area contributed by atoms with Gasteiger partial charge in [-0.3, -0.25) is 0 Å². The van der Waals surface area contributed by atoms with Crippen LogP contribution in [0, 0.1) is 5.41 Å². The molecule has 17 heavy (non-hydrogen) atoms. The third-order valence-corrected chi connectivity index (χ3v) is 4.56. The maximum Gasteiger partial charge on any atom is 0.0207 e. The predicted octanol–water partition coefficient (Wildman–Crippen LogP) is 1.40. The first-order chi connectivity index (χ1) is 8.11. The van der Waals surface area contributed by atoms with Gasteiger partial charge in [0.25, 0.3) is 0 Å². The Kier molecular flexibility index (Phi) is 4.45. The zero-order valence-electron chi connectivity index (χ0n) is 11.8. The number of piperidine rings is 1. The third-order valence-electron chi connectivity index (χ3n) is 4.56. The van der Waals surface area contributed by atoms with Crippen LogP contribution in [-0.2, 0) is 0 Å². The highest BCUT2D eigenvalue weighted by Gasteiger charge is 2.33. The first-order valence-corrected chi connectivity index (χ1v) is 7.25. The minimum atomic E-state index is 0.563. The lowest BCUT2D eigenvalue weighted by atomic mass is 9.80. The van der Waals surface area contributed by atoms with Crippen LogP contribution in [0.25, 0.3) is 0 Å². The molecule has 1 unspecified atom stereocenters. The first-order valence-electron chi connectivity index (χ1n) is 7.25. The van der Waals surface area contributed by atoms with Gasteiger partial charge < -0.3 is 15.1 Å². The van der Waals surface area contributed by atoms with Gasteiger partial charge in [-0.05, 0) is 57.9 Å². The van der Waals surface area contributed by atoms with E-state index in [9.17, 15) is 0 Å². The summed E-state index contributed by atoms with van der Waals surface area (Å²) in [5.74, 6) is 0. The Labute approximate surface area is 107 Å². The molecule has 0 bridgehead atoms.